The molecule has 0 saturated carbocycles. The molecular weight excluding hydrogens is 262 g/mol. The van der Waals surface area contributed by atoms with Gasteiger partial charge in [-0.05, 0) is 28.9 Å². The molecule has 0 radical (unpaired) electrons. The van der Waals surface area contributed by atoms with E-state index in [0.29, 0.717) is 12.5 Å². The zero-order valence-electron chi connectivity index (χ0n) is 13.3. The van der Waals surface area contributed by atoms with Gasteiger partial charge in [0.2, 0.25) is 5.91 Å². The van der Waals surface area contributed by atoms with Crippen LogP contribution in [-0.2, 0) is 10.2 Å². The summed E-state index contributed by atoms with van der Waals surface area (Å²) in [5, 5.41) is 0. The number of likely N-dealkylation sites (tertiary alicyclic amines) is 1. The van der Waals surface area contributed by atoms with Gasteiger partial charge in [0.05, 0.1) is 6.54 Å². The van der Waals surface area contributed by atoms with E-state index in [0.717, 1.165) is 19.5 Å². The van der Waals surface area contributed by atoms with Crippen LogP contribution in [0.1, 0.15) is 44.2 Å². The Morgan fingerprint density at radius 2 is 1.86 bits per heavy atom. The molecule has 21 heavy (non-hydrogen) atoms. The number of amides is 1. The van der Waals surface area contributed by atoms with Crippen LogP contribution in [0.2, 0.25) is 0 Å². The highest BCUT2D eigenvalue weighted by Crippen LogP contribution is 2.29. The summed E-state index contributed by atoms with van der Waals surface area (Å²) < 4.78 is 0. The largest absolute Gasteiger partial charge is 0.369 e. The quantitative estimate of drug-likeness (QED) is 0.887. The van der Waals surface area contributed by atoms with E-state index in [1.165, 1.54) is 11.1 Å². The summed E-state index contributed by atoms with van der Waals surface area (Å²) in [7, 11) is 0. The van der Waals surface area contributed by atoms with Crippen molar-refractivity contribution in [2.75, 3.05) is 19.6 Å². The maximum Gasteiger partial charge on any atom is 0.231 e. The molecule has 1 heterocycles. The molecule has 0 aromatic heterocycles. The van der Waals surface area contributed by atoms with E-state index in [2.05, 4.69) is 49.9 Å². The molecular formula is C17H27N3O. The monoisotopic (exact) mass is 289 g/mol. The summed E-state index contributed by atoms with van der Waals surface area (Å²) >= 11 is 0. The van der Waals surface area contributed by atoms with Crippen LogP contribution >= 0.6 is 0 Å². The van der Waals surface area contributed by atoms with Gasteiger partial charge in [-0.3, -0.25) is 9.69 Å². The molecule has 2 unspecified atom stereocenters. The van der Waals surface area contributed by atoms with Gasteiger partial charge in [-0.1, -0.05) is 45.0 Å². The van der Waals surface area contributed by atoms with Crippen molar-refractivity contribution in [3.8, 4) is 0 Å². The molecule has 0 aliphatic carbocycles. The number of hydrogen-bond donors (Lipinski definition) is 2. The minimum atomic E-state index is -0.286. The fourth-order valence-corrected chi connectivity index (χ4v) is 3.08. The average molecular weight is 289 g/mol. The number of primary amides is 1. The fourth-order valence-electron chi connectivity index (χ4n) is 3.08. The van der Waals surface area contributed by atoms with E-state index in [1.54, 1.807) is 0 Å². The van der Waals surface area contributed by atoms with E-state index in [9.17, 15) is 4.79 Å². The van der Waals surface area contributed by atoms with Gasteiger partial charge in [0.15, 0.2) is 0 Å². The van der Waals surface area contributed by atoms with E-state index in [1.807, 2.05) is 0 Å². The van der Waals surface area contributed by atoms with Gasteiger partial charge in [-0.25, -0.2) is 0 Å². The van der Waals surface area contributed by atoms with Gasteiger partial charge < -0.3 is 11.5 Å². The standard InChI is InChI=1S/C17H27N3O/c1-17(2,3)14-6-4-12(5-7-14)13-8-15(18)10-20(9-13)11-16(19)21/h4-7,13,15H,8-11,18H2,1-3H3,(H2,19,21). The Morgan fingerprint density at radius 1 is 1.24 bits per heavy atom. The van der Waals surface area contributed by atoms with Gasteiger partial charge in [0, 0.05) is 19.1 Å². The van der Waals surface area contributed by atoms with Crippen molar-refractivity contribution in [2.45, 2.75) is 44.6 Å². The van der Waals surface area contributed by atoms with Crippen LogP contribution in [-0.4, -0.2) is 36.5 Å². The summed E-state index contributed by atoms with van der Waals surface area (Å²) in [6.45, 7) is 8.54. The zero-order chi connectivity index (χ0) is 15.6. The first-order valence-corrected chi connectivity index (χ1v) is 7.62. The summed E-state index contributed by atoms with van der Waals surface area (Å²) in [5.74, 6) is 0.0908. The van der Waals surface area contributed by atoms with E-state index < -0.39 is 0 Å². The molecule has 116 valence electrons. The average Bonchev–Trinajstić information content (AvgIpc) is 2.36. The highest BCUT2D eigenvalue weighted by Gasteiger charge is 2.27. The third-order valence-electron chi connectivity index (χ3n) is 4.19. The summed E-state index contributed by atoms with van der Waals surface area (Å²) in [5.41, 5.74) is 14.2. The lowest BCUT2D eigenvalue weighted by molar-refractivity contribution is -0.119. The zero-order valence-corrected chi connectivity index (χ0v) is 13.3. The van der Waals surface area contributed by atoms with E-state index in [-0.39, 0.29) is 17.4 Å². The third kappa shape index (κ3) is 4.29. The molecule has 4 N–H and O–H groups in total. The molecule has 1 aromatic rings. The topological polar surface area (TPSA) is 72.3 Å². The number of benzene rings is 1. The van der Waals surface area contributed by atoms with Crippen LogP contribution in [0.3, 0.4) is 0 Å². The number of carbonyl (C=O) groups is 1. The van der Waals surface area contributed by atoms with Crippen LogP contribution in [0.5, 0.6) is 0 Å². The first-order valence-electron chi connectivity index (χ1n) is 7.62. The van der Waals surface area contributed by atoms with Crippen molar-refractivity contribution in [3.63, 3.8) is 0 Å². The highest BCUT2D eigenvalue weighted by molar-refractivity contribution is 5.75. The van der Waals surface area contributed by atoms with E-state index >= 15 is 0 Å². The molecule has 1 amide bonds. The Labute approximate surface area is 127 Å². The maximum atomic E-state index is 11.1. The smallest absolute Gasteiger partial charge is 0.231 e. The van der Waals surface area contributed by atoms with Crippen LogP contribution in [0.4, 0.5) is 0 Å². The minimum Gasteiger partial charge on any atom is -0.369 e. The lowest BCUT2D eigenvalue weighted by atomic mass is 9.83. The molecule has 1 fully saturated rings. The second kappa shape index (κ2) is 6.16. The highest BCUT2D eigenvalue weighted by atomic mass is 16.1. The SMILES string of the molecule is CC(C)(C)c1ccc(C2CC(N)CN(CC(N)=O)C2)cc1. The Kier molecular flexibility index (Phi) is 4.69. The summed E-state index contributed by atoms with van der Waals surface area (Å²) in [6, 6.07) is 8.91. The van der Waals surface area contributed by atoms with Crippen LogP contribution in [0.15, 0.2) is 24.3 Å². The van der Waals surface area contributed by atoms with Crippen molar-refractivity contribution < 1.29 is 4.79 Å². The van der Waals surface area contributed by atoms with Crippen LogP contribution in [0, 0.1) is 0 Å². The Morgan fingerprint density at radius 3 is 2.38 bits per heavy atom. The number of piperidine rings is 1. The second-order valence-corrected chi connectivity index (χ2v) is 7.23. The summed E-state index contributed by atoms with van der Waals surface area (Å²) in [6.07, 6.45) is 0.962. The van der Waals surface area contributed by atoms with Gasteiger partial charge >= 0.3 is 0 Å². The Balaban J connectivity index is 2.11. The molecule has 1 aromatic carbocycles. The molecule has 1 saturated heterocycles. The molecule has 4 nitrogen and oxygen atoms in total. The van der Waals surface area contributed by atoms with Crippen molar-refractivity contribution in [2.24, 2.45) is 11.5 Å². The third-order valence-corrected chi connectivity index (χ3v) is 4.19. The van der Waals surface area contributed by atoms with Crippen LogP contribution in [0.25, 0.3) is 0 Å². The molecule has 2 atom stereocenters. The van der Waals surface area contributed by atoms with Crippen LogP contribution < -0.4 is 11.5 Å². The van der Waals surface area contributed by atoms with Crippen molar-refractivity contribution in [3.05, 3.63) is 35.4 Å². The fraction of sp³-hybridized carbons (Fsp3) is 0.588. The lowest BCUT2D eigenvalue weighted by Crippen LogP contribution is -2.48. The van der Waals surface area contributed by atoms with Gasteiger partial charge in [0.1, 0.15) is 0 Å². The predicted octanol–water partition coefficient (Wildman–Crippen LogP) is 1.59. The Hall–Kier alpha value is -1.39. The minimum absolute atomic E-state index is 0.102. The molecule has 2 rings (SSSR count). The number of nitrogens with zero attached hydrogens (tertiary/aromatic N) is 1. The normalized spacial score (nSPS) is 24.0. The molecule has 1 aliphatic heterocycles. The molecule has 1 aliphatic rings. The maximum absolute atomic E-state index is 11.1. The number of rotatable bonds is 3. The van der Waals surface area contributed by atoms with Gasteiger partial charge in [-0.2, -0.15) is 0 Å². The Bertz CT molecular complexity index is 490. The van der Waals surface area contributed by atoms with Crippen molar-refractivity contribution in [1.29, 1.82) is 0 Å². The van der Waals surface area contributed by atoms with Crippen molar-refractivity contribution in [1.82, 2.24) is 4.90 Å². The molecule has 0 bridgehead atoms. The first-order chi connectivity index (χ1) is 9.75. The first kappa shape index (κ1) is 16.0. The molecule has 0 spiro atoms. The van der Waals surface area contributed by atoms with Crippen molar-refractivity contribution >= 4 is 5.91 Å². The number of carbonyl (C=O) groups excluding carboxylic acids is 1. The second-order valence-electron chi connectivity index (χ2n) is 7.23. The predicted molar refractivity (Wildman–Crippen MR) is 86.1 cm³/mol. The van der Waals surface area contributed by atoms with Gasteiger partial charge in [-0.15, -0.1) is 0 Å². The summed E-state index contributed by atoms with van der Waals surface area (Å²) in [4.78, 5) is 13.2. The van der Waals surface area contributed by atoms with Gasteiger partial charge in [0.25, 0.3) is 0 Å². The lowest BCUT2D eigenvalue weighted by Gasteiger charge is -2.36. The van der Waals surface area contributed by atoms with E-state index in [4.69, 9.17) is 11.5 Å². The number of hydrogen-bond acceptors (Lipinski definition) is 3. The number of nitrogens with two attached hydrogens (primary N) is 2. The molecule has 4 heteroatoms.